The molecule has 1 saturated heterocycles. The third kappa shape index (κ3) is 3.50. The molecule has 1 fully saturated rings. The van der Waals surface area contributed by atoms with Gasteiger partial charge in [-0.15, -0.1) is 0 Å². The lowest BCUT2D eigenvalue weighted by atomic mass is 10.0. The first-order valence-corrected chi connectivity index (χ1v) is 7.69. The quantitative estimate of drug-likeness (QED) is 0.873. The minimum atomic E-state index is 0.623. The molecule has 2 nitrogen and oxygen atoms in total. The third-order valence-corrected chi connectivity index (χ3v) is 4.51. The zero-order valence-corrected chi connectivity index (χ0v) is 12.9. The first-order chi connectivity index (χ1) is 9.11. The van der Waals surface area contributed by atoms with Gasteiger partial charge in [-0.25, -0.2) is 0 Å². The van der Waals surface area contributed by atoms with Gasteiger partial charge in [0.1, 0.15) is 0 Å². The van der Waals surface area contributed by atoms with E-state index in [9.17, 15) is 0 Å². The number of nitrogens with one attached hydrogen (secondary N) is 1. The average molecular weight is 260 g/mol. The van der Waals surface area contributed by atoms with E-state index >= 15 is 0 Å². The number of anilines is 1. The molecular weight excluding hydrogens is 232 g/mol. The topological polar surface area (TPSA) is 15.3 Å². The maximum absolute atomic E-state index is 3.74. The van der Waals surface area contributed by atoms with E-state index in [-0.39, 0.29) is 0 Å². The van der Waals surface area contributed by atoms with Gasteiger partial charge in [0.05, 0.1) is 0 Å². The van der Waals surface area contributed by atoms with Crippen LogP contribution in [0.4, 0.5) is 5.69 Å². The number of rotatable bonds is 2. The molecule has 106 valence electrons. The fraction of sp³-hybridized carbons (Fsp3) is 0.647. The van der Waals surface area contributed by atoms with Gasteiger partial charge in [0.15, 0.2) is 0 Å². The number of aryl methyl sites for hydroxylation is 1. The highest BCUT2D eigenvalue weighted by molar-refractivity contribution is 5.56. The standard InChI is InChI=1S/C17H28N2/c1-5-16-10-12-19(11-9-14(3)18-16)17-8-6-7-13(2)15(17)4/h6-8,14,16,18H,5,9-12H2,1-4H3. The van der Waals surface area contributed by atoms with Crippen LogP contribution in [0.1, 0.15) is 44.2 Å². The Labute approximate surface area is 118 Å². The minimum absolute atomic E-state index is 0.623. The van der Waals surface area contributed by atoms with E-state index in [1.54, 1.807) is 0 Å². The van der Waals surface area contributed by atoms with Crippen molar-refractivity contribution in [2.24, 2.45) is 0 Å². The summed E-state index contributed by atoms with van der Waals surface area (Å²) in [6.07, 6.45) is 3.70. The lowest BCUT2D eigenvalue weighted by Crippen LogP contribution is -2.44. The average Bonchev–Trinajstić information content (AvgIpc) is 2.38. The van der Waals surface area contributed by atoms with Crippen LogP contribution >= 0.6 is 0 Å². The predicted octanol–water partition coefficient (Wildman–Crippen LogP) is 3.66. The van der Waals surface area contributed by atoms with Gasteiger partial charge in [-0.05, 0) is 57.2 Å². The largest absolute Gasteiger partial charge is 0.371 e. The first-order valence-electron chi connectivity index (χ1n) is 7.69. The summed E-state index contributed by atoms with van der Waals surface area (Å²) in [4.78, 5) is 2.59. The molecule has 2 unspecified atom stereocenters. The molecule has 2 heteroatoms. The van der Waals surface area contributed by atoms with Crippen molar-refractivity contribution < 1.29 is 0 Å². The van der Waals surface area contributed by atoms with E-state index in [0.717, 1.165) is 6.54 Å². The third-order valence-electron chi connectivity index (χ3n) is 4.51. The summed E-state index contributed by atoms with van der Waals surface area (Å²) in [7, 11) is 0. The number of nitrogens with zero attached hydrogens (tertiary/aromatic N) is 1. The highest BCUT2D eigenvalue weighted by atomic mass is 15.1. The van der Waals surface area contributed by atoms with Crippen molar-refractivity contribution in [1.29, 1.82) is 0 Å². The van der Waals surface area contributed by atoms with Crippen molar-refractivity contribution in [2.45, 2.75) is 59.0 Å². The minimum Gasteiger partial charge on any atom is -0.371 e. The molecule has 1 aromatic carbocycles. The summed E-state index contributed by atoms with van der Waals surface area (Å²) in [5, 5.41) is 3.74. The molecule has 2 atom stereocenters. The molecule has 1 aromatic rings. The molecule has 0 aromatic heterocycles. The molecule has 1 heterocycles. The van der Waals surface area contributed by atoms with Crippen LogP contribution < -0.4 is 10.2 Å². The molecule has 0 saturated carbocycles. The summed E-state index contributed by atoms with van der Waals surface area (Å²) in [6, 6.07) is 7.97. The van der Waals surface area contributed by atoms with Crippen LogP contribution in [-0.2, 0) is 0 Å². The summed E-state index contributed by atoms with van der Waals surface area (Å²) in [6.45, 7) is 11.4. The predicted molar refractivity (Wildman–Crippen MR) is 84.0 cm³/mol. The summed E-state index contributed by atoms with van der Waals surface area (Å²) in [5.41, 5.74) is 4.28. The van der Waals surface area contributed by atoms with Crippen LogP contribution in [0, 0.1) is 13.8 Å². The first kappa shape index (κ1) is 14.4. The van der Waals surface area contributed by atoms with Crippen LogP contribution in [0.2, 0.25) is 0 Å². The van der Waals surface area contributed by atoms with Crippen LogP contribution in [0.5, 0.6) is 0 Å². The molecule has 1 aliphatic heterocycles. The Bertz CT molecular complexity index is 414. The van der Waals surface area contributed by atoms with E-state index in [2.05, 4.69) is 56.1 Å². The van der Waals surface area contributed by atoms with E-state index in [1.165, 1.54) is 42.6 Å². The van der Waals surface area contributed by atoms with Crippen molar-refractivity contribution in [1.82, 2.24) is 5.32 Å². The molecular formula is C17H28N2. The zero-order valence-electron chi connectivity index (χ0n) is 12.9. The smallest absolute Gasteiger partial charge is 0.0398 e. The zero-order chi connectivity index (χ0) is 13.8. The van der Waals surface area contributed by atoms with E-state index in [1.807, 2.05) is 0 Å². The summed E-state index contributed by atoms with van der Waals surface area (Å²) < 4.78 is 0. The monoisotopic (exact) mass is 260 g/mol. The van der Waals surface area contributed by atoms with Gasteiger partial charge < -0.3 is 10.2 Å². The van der Waals surface area contributed by atoms with Crippen molar-refractivity contribution in [3.05, 3.63) is 29.3 Å². The Morgan fingerprint density at radius 2 is 1.95 bits per heavy atom. The van der Waals surface area contributed by atoms with E-state index < -0.39 is 0 Å². The van der Waals surface area contributed by atoms with E-state index in [4.69, 9.17) is 0 Å². The van der Waals surface area contributed by atoms with Crippen molar-refractivity contribution in [2.75, 3.05) is 18.0 Å². The number of benzene rings is 1. The van der Waals surface area contributed by atoms with Gasteiger partial charge in [-0.2, -0.15) is 0 Å². The van der Waals surface area contributed by atoms with Crippen molar-refractivity contribution in [3.63, 3.8) is 0 Å². The lowest BCUT2D eigenvalue weighted by Gasteiger charge is -2.34. The van der Waals surface area contributed by atoms with Crippen LogP contribution in [0.25, 0.3) is 0 Å². The van der Waals surface area contributed by atoms with Gasteiger partial charge >= 0.3 is 0 Å². The molecule has 19 heavy (non-hydrogen) atoms. The Balaban J connectivity index is 2.16. The molecule has 0 bridgehead atoms. The van der Waals surface area contributed by atoms with Crippen LogP contribution in [-0.4, -0.2) is 25.2 Å². The maximum Gasteiger partial charge on any atom is 0.0398 e. The SMILES string of the molecule is CCC1CCN(c2cccc(C)c2C)CCC(C)N1. The van der Waals surface area contributed by atoms with Crippen molar-refractivity contribution in [3.8, 4) is 0 Å². The lowest BCUT2D eigenvalue weighted by molar-refractivity contribution is 0.378. The van der Waals surface area contributed by atoms with Crippen molar-refractivity contribution >= 4 is 5.69 Å². The second kappa shape index (κ2) is 6.42. The molecule has 0 spiro atoms. The Morgan fingerprint density at radius 1 is 1.21 bits per heavy atom. The van der Waals surface area contributed by atoms with Gasteiger partial charge in [-0.3, -0.25) is 0 Å². The second-order valence-electron chi connectivity index (χ2n) is 5.96. The van der Waals surface area contributed by atoms with Gasteiger partial charge in [0, 0.05) is 30.9 Å². The molecule has 2 rings (SSSR count). The second-order valence-corrected chi connectivity index (χ2v) is 5.96. The summed E-state index contributed by atoms with van der Waals surface area (Å²) in [5.74, 6) is 0. The van der Waals surface area contributed by atoms with Gasteiger partial charge in [-0.1, -0.05) is 19.1 Å². The summed E-state index contributed by atoms with van der Waals surface area (Å²) >= 11 is 0. The Morgan fingerprint density at radius 3 is 2.68 bits per heavy atom. The fourth-order valence-electron chi connectivity index (χ4n) is 2.98. The molecule has 0 aliphatic carbocycles. The van der Waals surface area contributed by atoms with Gasteiger partial charge in [0.2, 0.25) is 0 Å². The van der Waals surface area contributed by atoms with Gasteiger partial charge in [0.25, 0.3) is 0 Å². The fourth-order valence-corrected chi connectivity index (χ4v) is 2.98. The Hall–Kier alpha value is -1.02. The maximum atomic E-state index is 3.74. The normalized spacial score (nSPS) is 24.9. The van der Waals surface area contributed by atoms with E-state index in [0.29, 0.717) is 12.1 Å². The van der Waals surface area contributed by atoms with Crippen LogP contribution in [0.3, 0.4) is 0 Å². The highest BCUT2D eigenvalue weighted by Crippen LogP contribution is 2.24. The Kier molecular flexibility index (Phi) is 4.87. The number of hydrogen-bond acceptors (Lipinski definition) is 2. The molecule has 1 aliphatic rings. The van der Waals surface area contributed by atoms with Crippen LogP contribution in [0.15, 0.2) is 18.2 Å². The highest BCUT2D eigenvalue weighted by Gasteiger charge is 2.18. The number of hydrogen-bond donors (Lipinski definition) is 1. The molecule has 1 N–H and O–H groups in total. The molecule has 0 amide bonds. The molecule has 0 radical (unpaired) electrons.